The number of rotatable bonds is 4. The second-order valence-electron chi connectivity index (χ2n) is 12.4. The van der Waals surface area contributed by atoms with Crippen LogP contribution in [0.4, 0.5) is 0 Å². The molecule has 1 aliphatic heterocycles. The van der Waals surface area contributed by atoms with Crippen molar-refractivity contribution in [2.45, 2.75) is 29.1 Å². The summed E-state index contributed by atoms with van der Waals surface area (Å²) in [5.41, 5.74) is 15.3. The van der Waals surface area contributed by atoms with Gasteiger partial charge in [0.15, 0.2) is 0 Å². The third-order valence-electron chi connectivity index (χ3n) is 10.1. The highest BCUT2D eigenvalue weighted by atomic mass is 32.2. The molecule has 0 fully saturated rings. The van der Waals surface area contributed by atoms with Gasteiger partial charge in [0.2, 0.25) is 0 Å². The third-order valence-corrected chi connectivity index (χ3v) is 11.2. The first-order chi connectivity index (χ1) is 22.7. The van der Waals surface area contributed by atoms with Gasteiger partial charge in [-0.15, -0.1) is 0 Å². The van der Waals surface area contributed by atoms with Crippen molar-refractivity contribution in [3.63, 3.8) is 0 Å². The molecule has 46 heavy (non-hydrogen) atoms. The molecular weight excluding hydrogens is 573 g/mol. The molecule has 0 N–H and O–H groups in total. The number of allylic oxidation sites excluding steroid dienone is 1. The molecule has 1 heterocycles. The smallest absolute Gasteiger partial charge is 0.0713 e. The van der Waals surface area contributed by atoms with Gasteiger partial charge < -0.3 is 0 Å². The van der Waals surface area contributed by atoms with E-state index in [9.17, 15) is 0 Å². The van der Waals surface area contributed by atoms with Crippen LogP contribution in [0.1, 0.15) is 40.3 Å². The average molecular weight is 605 g/mol. The van der Waals surface area contributed by atoms with E-state index in [0.717, 1.165) is 0 Å². The highest BCUT2D eigenvalue weighted by Gasteiger charge is 2.46. The molecule has 2 aliphatic rings. The predicted molar refractivity (Wildman–Crippen MR) is 196 cm³/mol. The minimum Gasteiger partial charge on any atom is -0.0888 e. The Morgan fingerprint density at radius 1 is 0.543 bits per heavy atom. The van der Waals surface area contributed by atoms with Gasteiger partial charge in [-0.3, -0.25) is 0 Å². The highest BCUT2D eigenvalue weighted by Crippen LogP contribution is 2.57. The van der Waals surface area contributed by atoms with Crippen LogP contribution in [-0.2, 0) is 5.41 Å². The van der Waals surface area contributed by atoms with Crippen molar-refractivity contribution in [3.8, 4) is 33.4 Å². The van der Waals surface area contributed by atoms with E-state index in [0.29, 0.717) is 0 Å². The van der Waals surface area contributed by atoms with Crippen LogP contribution in [0.3, 0.4) is 0 Å². The fraction of sp³-hybridized carbons (Fsp3) is 0.0667. The van der Waals surface area contributed by atoms with Crippen molar-refractivity contribution in [2.24, 2.45) is 0 Å². The van der Waals surface area contributed by atoms with Crippen LogP contribution in [-0.4, -0.2) is 0 Å². The largest absolute Gasteiger partial charge is 0.0888 e. The molecule has 218 valence electrons. The molecule has 0 radical (unpaired) electrons. The number of hydrogen-bond donors (Lipinski definition) is 0. The molecule has 7 aromatic rings. The van der Waals surface area contributed by atoms with Gasteiger partial charge >= 0.3 is 0 Å². The van der Waals surface area contributed by atoms with Crippen LogP contribution in [0.25, 0.3) is 50.2 Å². The van der Waals surface area contributed by atoms with Crippen molar-refractivity contribution in [1.82, 2.24) is 0 Å². The molecule has 0 spiro atoms. The van der Waals surface area contributed by atoms with Crippen molar-refractivity contribution in [3.05, 3.63) is 185 Å². The van der Waals surface area contributed by atoms with Crippen molar-refractivity contribution in [2.75, 3.05) is 0 Å². The Bertz CT molecular complexity index is 2340. The van der Waals surface area contributed by atoms with Gasteiger partial charge in [0.05, 0.1) is 5.41 Å². The summed E-state index contributed by atoms with van der Waals surface area (Å²) in [5, 5.41) is 2.66. The van der Waals surface area contributed by atoms with Gasteiger partial charge in [0.25, 0.3) is 0 Å². The Hall–Kier alpha value is -5.11. The molecule has 1 aliphatic carbocycles. The molecule has 9 rings (SSSR count). The molecule has 0 aromatic heterocycles. The molecule has 0 saturated heterocycles. The summed E-state index contributed by atoms with van der Waals surface area (Å²) in [6.07, 6.45) is 4.37. The fourth-order valence-corrected chi connectivity index (χ4v) is 9.21. The van der Waals surface area contributed by atoms with E-state index in [1.807, 2.05) is 11.8 Å². The van der Waals surface area contributed by atoms with Gasteiger partial charge in [0, 0.05) is 15.2 Å². The molecule has 7 aromatic carbocycles. The van der Waals surface area contributed by atoms with E-state index in [4.69, 9.17) is 0 Å². The Balaban J connectivity index is 1.26. The van der Waals surface area contributed by atoms with Gasteiger partial charge in [-0.2, -0.15) is 0 Å². The predicted octanol–water partition coefficient (Wildman–Crippen LogP) is 12.3. The van der Waals surface area contributed by atoms with Crippen LogP contribution >= 0.6 is 11.8 Å². The van der Waals surface area contributed by atoms with Crippen LogP contribution < -0.4 is 0 Å². The van der Waals surface area contributed by atoms with Crippen LogP contribution in [0, 0.1) is 6.92 Å². The molecule has 1 unspecified atom stereocenters. The normalized spacial score (nSPS) is 16.0. The minimum atomic E-state index is -0.411. The lowest BCUT2D eigenvalue weighted by molar-refractivity contribution is 0.768. The molecule has 0 saturated carbocycles. The van der Waals surface area contributed by atoms with E-state index in [-0.39, 0.29) is 0 Å². The van der Waals surface area contributed by atoms with Crippen molar-refractivity contribution >= 4 is 28.6 Å². The summed E-state index contributed by atoms with van der Waals surface area (Å²) in [5.74, 6) is 0. The first-order valence-corrected chi connectivity index (χ1v) is 16.9. The van der Waals surface area contributed by atoms with Gasteiger partial charge in [0.1, 0.15) is 0 Å². The molecule has 1 atom stereocenters. The zero-order valence-corrected chi connectivity index (χ0v) is 26.7. The van der Waals surface area contributed by atoms with Crippen molar-refractivity contribution < 1.29 is 0 Å². The average Bonchev–Trinajstić information content (AvgIpc) is 3.42. The lowest BCUT2D eigenvalue weighted by Crippen LogP contribution is -2.28. The third kappa shape index (κ3) is 3.82. The number of hydrogen-bond acceptors (Lipinski definition) is 1. The van der Waals surface area contributed by atoms with Gasteiger partial charge in [-0.05, 0) is 110 Å². The summed E-state index contributed by atoms with van der Waals surface area (Å²) in [6.45, 7) is 4.38. The minimum absolute atomic E-state index is 0.411. The Morgan fingerprint density at radius 3 is 2.09 bits per heavy atom. The van der Waals surface area contributed by atoms with Crippen LogP contribution in [0.2, 0.25) is 0 Å². The SMILES string of the molecule is C/C=C\c1ccc2c(c1C)-c1ccccc1C2(c1ccccc1)c1ccc(-c2cc3c4c(cccc4c2)Sc2ccccc2-3)cc1. The molecule has 1 heteroatoms. The highest BCUT2D eigenvalue weighted by molar-refractivity contribution is 7.99. The van der Waals surface area contributed by atoms with Crippen LogP contribution in [0.5, 0.6) is 0 Å². The lowest BCUT2D eigenvalue weighted by atomic mass is 9.67. The maximum atomic E-state index is 2.40. The molecule has 0 bridgehead atoms. The summed E-state index contributed by atoms with van der Waals surface area (Å²) in [4.78, 5) is 2.66. The zero-order chi connectivity index (χ0) is 30.8. The maximum Gasteiger partial charge on any atom is 0.0713 e. The first kappa shape index (κ1) is 27.2. The Morgan fingerprint density at radius 2 is 1.26 bits per heavy atom. The van der Waals surface area contributed by atoms with E-state index in [1.165, 1.54) is 87.3 Å². The summed E-state index contributed by atoms with van der Waals surface area (Å²) < 4.78 is 0. The maximum absolute atomic E-state index is 2.40. The molecule has 0 nitrogen and oxygen atoms in total. The van der Waals surface area contributed by atoms with E-state index in [2.05, 4.69) is 172 Å². The zero-order valence-electron chi connectivity index (χ0n) is 25.9. The van der Waals surface area contributed by atoms with E-state index < -0.39 is 5.41 Å². The second-order valence-corrected chi connectivity index (χ2v) is 13.5. The Kier molecular flexibility index (Phi) is 6.20. The topological polar surface area (TPSA) is 0 Å². The second kappa shape index (κ2) is 10.5. The fourth-order valence-electron chi connectivity index (χ4n) is 8.06. The molecular formula is C45H32S. The Labute approximate surface area is 275 Å². The van der Waals surface area contributed by atoms with Crippen molar-refractivity contribution in [1.29, 1.82) is 0 Å². The summed E-state index contributed by atoms with van der Waals surface area (Å²) >= 11 is 1.88. The standard InChI is InChI=1S/C45H32S/c1-3-12-30-23-26-40-43(29(30)2)37-17-7-9-18-39(37)45(40,34-14-5-4-6-15-34)35-24-21-31(22-25-35)33-27-32-13-11-20-42-44(32)38(28-33)36-16-8-10-19-41(36)46-42/h3-28H,1-2H3/b12-3-. The summed E-state index contributed by atoms with van der Waals surface area (Å²) in [7, 11) is 0. The van der Waals surface area contributed by atoms with Gasteiger partial charge in [-0.25, -0.2) is 0 Å². The lowest BCUT2D eigenvalue weighted by Gasteiger charge is -2.34. The monoisotopic (exact) mass is 604 g/mol. The summed E-state index contributed by atoms with van der Waals surface area (Å²) in [6, 6.07) is 54.5. The number of benzene rings is 7. The number of fused-ring (bicyclic) bond motifs is 5. The van der Waals surface area contributed by atoms with E-state index in [1.54, 1.807) is 0 Å². The van der Waals surface area contributed by atoms with Gasteiger partial charge in [-0.1, -0.05) is 145 Å². The van der Waals surface area contributed by atoms with E-state index >= 15 is 0 Å². The first-order valence-electron chi connectivity index (χ1n) is 16.1. The quantitative estimate of drug-likeness (QED) is 0.193. The molecule has 0 amide bonds. The van der Waals surface area contributed by atoms with Crippen LogP contribution in [0.15, 0.2) is 161 Å².